The van der Waals surface area contributed by atoms with Crippen LogP contribution in [0.25, 0.3) is 0 Å². The van der Waals surface area contributed by atoms with Crippen LogP contribution in [0.1, 0.15) is 55.3 Å². The van der Waals surface area contributed by atoms with Crippen molar-refractivity contribution in [1.29, 1.82) is 0 Å². The molecule has 4 bridgehead atoms. The quantitative estimate of drug-likeness (QED) is 0.734. The first kappa shape index (κ1) is 13.4. The predicted octanol–water partition coefficient (Wildman–Crippen LogP) is 4.75. The lowest BCUT2D eigenvalue weighted by molar-refractivity contribution is -0.0524. The minimum absolute atomic E-state index is 0.0283. The molecule has 1 nitrogen and oxygen atoms in total. The molecule has 5 rings (SSSR count). The van der Waals surface area contributed by atoms with Gasteiger partial charge in [-0.3, -0.25) is 4.79 Å². The van der Waals surface area contributed by atoms with Crippen LogP contribution in [-0.2, 0) is 0 Å². The molecule has 0 aromatic heterocycles. The van der Waals surface area contributed by atoms with Gasteiger partial charge in [0, 0.05) is 6.42 Å². The van der Waals surface area contributed by atoms with Gasteiger partial charge in [0.1, 0.15) is 11.6 Å². The normalized spacial score (nSPS) is 37.0. The van der Waals surface area contributed by atoms with E-state index in [1.165, 1.54) is 37.5 Å². The molecular weight excluding hydrogens is 270 g/mol. The van der Waals surface area contributed by atoms with Crippen LogP contribution in [0.5, 0.6) is 0 Å². The molecule has 1 aromatic rings. The van der Waals surface area contributed by atoms with Crippen LogP contribution in [0.15, 0.2) is 18.2 Å². The van der Waals surface area contributed by atoms with Crippen LogP contribution in [0.4, 0.5) is 8.78 Å². The average Bonchev–Trinajstić information content (AvgIpc) is 2.35. The molecule has 0 spiro atoms. The van der Waals surface area contributed by atoms with Gasteiger partial charge in [-0.05, 0) is 73.8 Å². The zero-order valence-electron chi connectivity index (χ0n) is 12.1. The zero-order chi connectivity index (χ0) is 14.6. The number of Topliss-reactive ketones (excluding diaryl/α,β-unsaturated/α-hetero) is 1. The molecule has 21 heavy (non-hydrogen) atoms. The van der Waals surface area contributed by atoms with Crippen molar-refractivity contribution in [3.63, 3.8) is 0 Å². The molecule has 112 valence electrons. The van der Waals surface area contributed by atoms with Gasteiger partial charge in [0.15, 0.2) is 5.78 Å². The van der Waals surface area contributed by atoms with Crippen LogP contribution < -0.4 is 0 Å². The number of rotatable bonds is 3. The summed E-state index contributed by atoms with van der Waals surface area (Å²) < 4.78 is 27.6. The fraction of sp³-hybridized carbons (Fsp3) is 0.611. The van der Waals surface area contributed by atoms with Crippen molar-refractivity contribution in [2.45, 2.75) is 44.9 Å². The minimum atomic E-state index is -0.718. The van der Waals surface area contributed by atoms with Crippen LogP contribution in [-0.4, -0.2) is 5.78 Å². The van der Waals surface area contributed by atoms with Gasteiger partial charge in [0.2, 0.25) is 0 Å². The molecule has 0 unspecified atom stereocenters. The van der Waals surface area contributed by atoms with Crippen molar-refractivity contribution < 1.29 is 13.6 Å². The number of hydrogen-bond acceptors (Lipinski definition) is 1. The maximum atomic E-state index is 13.8. The standard InChI is InChI=1S/C18H20F2O/c19-14-2-1-3-15(20)17(14)16(21)10-18-7-11-4-12(8-18)6-13(5-11)9-18/h1-3,11-13H,4-10H2. The highest BCUT2D eigenvalue weighted by Gasteiger charge is 2.51. The molecule has 4 fully saturated rings. The third-order valence-electron chi connectivity index (χ3n) is 5.94. The van der Waals surface area contributed by atoms with Gasteiger partial charge in [-0.2, -0.15) is 0 Å². The van der Waals surface area contributed by atoms with Crippen LogP contribution in [0.2, 0.25) is 0 Å². The average molecular weight is 290 g/mol. The van der Waals surface area contributed by atoms with E-state index < -0.39 is 11.6 Å². The topological polar surface area (TPSA) is 17.1 Å². The van der Waals surface area contributed by atoms with E-state index in [-0.39, 0.29) is 16.8 Å². The van der Waals surface area contributed by atoms with Gasteiger partial charge in [0.05, 0.1) is 5.56 Å². The molecule has 1 aromatic carbocycles. The molecule has 0 N–H and O–H groups in total. The molecule has 4 aliphatic rings. The van der Waals surface area contributed by atoms with E-state index in [1.54, 1.807) is 0 Å². The minimum Gasteiger partial charge on any atom is -0.294 e. The Morgan fingerprint density at radius 3 is 1.95 bits per heavy atom. The van der Waals surface area contributed by atoms with E-state index in [2.05, 4.69) is 0 Å². The predicted molar refractivity (Wildman–Crippen MR) is 75.9 cm³/mol. The molecule has 0 heterocycles. The summed E-state index contributed by atoms with van der Waals surface area (Å²) in [5.41, 5.74) is -0.297. The number of benzene rings is 1. The third kappa shape index (κ3) is 2.21. The summed E-state index contributed by atoms with van der Waals surface area (Å²) in [7, 11) is 0. The molecule has 0 amide bonds. The van der Waals surface area contributed by atoms with Gasteiger partial charge in [-0.15, -0.1) is 0 Å². The van der Waals surface area contributed by atoms with Crippen LogP contribution in [0, 0.1) is 34.8 Å². The van der Waals surface area contributed by atoms with E-state index in [1.807, 2.05) is 0 Å². The Hall–Kier alpha value is -1.25. The number of hydrogen-bond donors (Lipinski definition) is 0. The Kier molecular flexibility index (Phi) is 2.95. The van der Waals surface area contributed by atoms with Crippen molar-refractivity contribution in [2.24, 2.45) is 23.2 Å². The summed E-state index contributed by atoms with van der Waals surface area (Å²) in [5.74, 6) is 0.459. The number of carbonyl (C=O) groups excluding carboxylic acids is 1. The van der Waals surface area contributed by atoms with Gasteiger partial charge in [-0.1, -0.05) is 6.07 Å². The van der Waals surface area contributed by atoms with E-state index >= 15 is 0 Å². The lowest BCUT2D eigenvalue weighted by Gasteiger charge is -2.56. The molecule has 0 atom stereocenters. The largest absolute Gasteiger partial charge is 0.294 e. The SMILES string of the molecule is O=C(CC12CC3CC(CC(C3)C1)C2)c1c(F)cccc1F. The highest BCUT2D eigenvalue weighted by atomic mass is 19.1. The number of ketones is 1. The van der Waals surface area contributed by atoms with Crippen molar-refractivity contribution >= 4 is 5.78 Å². The first-order valence-electron chi connectivity index (χ1n) is 8.02. The molecule has 4 aliphatic carbocycles. The smallest absolute Gasteiger partial charge is 0.169 e. The maximum Gasteiger partial charge on any atom is 0.169 e. The Morgan fingerprint density at radius 2 is 1.48 bits per heavy atom. The van der Waals surface area contributed by atoms with Gasteiger partial charge in [0.25, 0.3) is 0 Å². The number of carbonyl (C=O) groups is 1. The Morgan fingerprint density at radius 1 is 1.00 bits per heavy atom. The second-order valence-corrected chi connectivity index (χ2v) is 7.61. The first-order chi connectivity index (χ1) is 10.0. The van der Waals surface area contributed by atoms with Crippen molar-refractivity contribution in [3.05, 3.63) is 35.4 Å². The fourth-order valence-corrected chi connectivity index (χ4v) is 5.70. The summed E-state index contributed by atoms with van der Waals surface area (Å²) in [5, 5.41) is 0. The fourth-order valence-electron chi connectivity index (χ4n) is 5.70. The first-order valence-corrected chi connectivity index (χ1v) is 8.02. The molecule has 0 saturated heterocycles. The van der Waals surface area contributed by atoms with E-state index in [0.717, 1.165) is 37.0 Å². The van der Waals surface area contributed by atoms with Crippen LogP contribution in [0.3, 0.4) is 0 Å². The second-order valence-electron chi connectivity index (χ2n) is 7.61. The Labute approximate surface area is 123 Å². The van der Waals surface area contributed by atoms with Crippen LogP contribution >= 0.6 is 0 Å². The summed E-state index contributed by atoms with van der Waals surface area (Å²) in [6.45, 7) is 0. The van der Waals surface area contributed by atoms with E-state index in [4.69, 9.17) is 0 Å². The molecule has 3 heteroatoms. The molecular formula is C18H20F2O. The summed E-state index contributed by atoms with van der Waals surface area (Å²) in [4.78, 5) is 12.5. The van der Waals surface area contributed by atoms with Crippen molar-refractivity contribution in [1.82, 2.24) is 0 Å². The van der Waals surface area contributed by atoms with Crippen molar-refractivity contribution in [3.8, 4) is 0 Å². The molecule has 0 radical (unpaired) electrons. The molecule has 0 aliphatic heterocycles. The summed E-state index contributed by atoms with van der Waals surface area (Å²) in [6, 6.07) is 3.66. The van der Waals surface area contributed by atoms with Crippen molar-refractivity contribution in [2.75, 3.05) is 0 Å². The third-order valence-corrected chi connectivity index (χ3v) is 5.94. The highest BCUT2D eigenvalue weighted by Crippen LogP contribution is 2.61. The maximum absolute atomic E-state index is 13.8. The van der Waals surface area contributed by atoms with E-state index in [9.17, 15) is 13.6 Å². The van der Waals surface area contributed by atoms with E-state index in [0.29, 0.717) is 6.42 Å². The number of halogens is 2. The summed E-state index contributed by atoms with van der Waals surface area (Å²) >= 11 is 0. The summed E-state index contributed by atoms with van der Waals surface area (Å²) in [6.07, 6.45) is 7.50. The van der Waals surface area contributed by atoms with Gasteiger partial charge >= 0.3 is 0 Å². The zero-order valence-corrected chi connectivity index (χ0v) is 12.1. The van der Waals surface area contributed by atoms with Gasteiger partial charge in [-0.25, -0.2) is 8.78 Å². The lowest BCUT2D eigenvalue weighted by atomic mass is 9.48. The Bertz CT molecular complexity index is 537. The lowest BCUT2D eigenvalue weighted by Crippen LogP contribution is -2.46. The monoisotopic (exact) mass is 290 g/mol. The highest BCUT2D eigenvalue weighted by molar-refractivity contribution is 5.97. The molecule has 4 saturated carbocycles. The van der Waals surface area contributed by atoms with Gasteiger partial charge < -0.3 is 0 Å². The second kappa shape index (κ2) is 4.62. The Balaban J connectivity index is 1.60.